The summed E-state index contributed by atoms with van der Waals surface area (Å²) in [5, 5.41) is 0. The molecule has 1 rings (SSSR count). The minimum atomic E-state index is -0.668. The molecule has 0 spiro atoms. The first-order valence-electron chi connectivity index (χ1n) is 2.48. The number of hydrogen-bond donors (Lipinski definition) is 2. The van der Waals surface area contributed by atoms with Gasteiger partial charge in [0.2, 0.25) is 0 Å². The SMILES string of the molecule is Fc1cc(F)c(S)cc1S. The van der Waals surface area contributed by atoms with Gasteiger partial charge in [-0.1, -0.05) is 0 Å². The smallest absolute Gasteiger partial charge is 0.139 e. The van der Waals surface area contributed by atoms with Crippen LogP contribution in [0.5, 0.6) is 0 Å². The lowest BCUT2D eigenvalue weighted by atomic mass is 10.3. The van der Waals surface area contributed by atoms with E-state index < -0.39 is 11.6 Å². The molecule has 0 fully saturated rings. The fourth-order valence-electron chi connectivity index (χ4n) is 0.527. The summed E-state index contributed by atoms with van der Waals surface area (Å²) in [6, 6.07) is 1.97. The fraction of sp³-hybridized carbons (Fsp3) is 0. The Labute approximate surface area is 68.1 Å². The maximum Gasteiger partial charge on any atom is 0.139 e. The molecule has 1 aromatic carbocycles. The molecule has 0 aliphatic rings. The van der Waals surface area contributed by atoms with E-state index in [1.165, 1.54) is 6.07 Å². The van der Waals surface area contributed by atoms with Crippen molar-refractivity contribution < 1.29 is 8.78 Å². The molecule has 1 aromatic rings. The molecule has 0 heterocycles. The Hall–Kier alpha value is -0.220. The van der Waals surface area contributed by atoms with Crippen LogP contribution in [0.25, 0.3) is 0 Å². The minimum absolute atomic E-state index is 0.103. The molecule has 0 unspecified atom stereocenters. The number of halogens is 2. The van der Waals surface area contributed by atoms with Crippen LogP contribution < -0.4 is 0 Å². The first-order valence-corrected chi connectivity index (χ1v) is 3.37. The van der Waals surface area contributed by atoms with E-state index in [-0.39, 0.29) is 9.79 Å². The van der Waals surface area contributed by atoms with E-state index in [0.717, 1.165) is 6.07 Å². The van der Waals surface area contributed by atoms with E-state index in [1.807, 2.05) is 0 Å². The topological polar surface area (TPSA) is 0 Å². The highest BCUT2D eigenvalue weighted by Gasteiger charge is 2.03. The highest BCUT2D eigenvalue weighted by atomic mass is 32.1. The summed E-state index contributed by atoms with van der Waals surface area (Å²) >= 11 is 7.45. The van der Waals surface area contributed by atoms with Gasteiger partial charge in [-0.05, 0) is 6.07 Å². The van der Waals surface area contributed by atoms with Crippen LogP contribution in [0.3, 0.4) is 0 Å². The van der Waals surface area contributed by atoms with E-state index in [2.05, 4.69) is 25.3 Å². The third-order valence-electron chi connectivity index (χ3n) is 1.02. The first kappa shape index (κ1) is 7.88. The summed E-state index contributed by atoms with van der Waals surface area (Å²) in [7, 11) is 0. The molecule has 0 radical (unpaired) electrons. The van der Waals surface area contributed by atoms with Gasteiger partial charge in [0.25, 0.3) is 0 Å². The van der Waals surface area contributed by atoms with Gasteiger partial charge in [0.15, 0.2) is 0 Å². The Kier molecular flexibility index (Phi) is 2.21. The van der Waals surface area contributed by atoms with Gasteiger partial charge in [0.05, 0.1) is 0 Å². The van der Waals surface area contributed by atoms with Crippen molar-refractivity contribution in [3.63, 3.8) is 0 Å². The van der Waals surface area contributed by atoms with Crippen LogP contribution >= 0.6 is 25.3 Å². The number of thiol groups is 2. The summed E-state index contributed by atoms with van der Waals surface area (Å²) in [6.45, 7) is 0. The van der Waals surface area contributed by atoms with Gasteiger partial charge in [-0.2, -0.15) is 0 Å². The molecule has 0 aliphatic carbocycles. The van der Waals surface area contributed by atoms with Crippen molar-refractivity contribution in [2.45, 2.75) is 9.79 Å². The average Bonchev–Trinajstić information content (AvgIpc) is 1.84. The Morgan fingerprint density at radius 2 is 1.30 bits per heavy atom. The van der Waals surface area contributed by atoms with E-state index in [4.69, 9.17) is 0 Å². The highest BCUT2D eigenvalue weighted by molar-refractivity contribution is 7.81. The first-order chi connectivity index (χ1) is 4.61. The average molecular weight is 178 g/mol. The predicted molar refractivity (Wildman–Crippen MR) is 40.9 cm³/mol. The third kappa shape index (κ3) is 1.44. The molecule has 10 heavy (non-hydrogen) atoms. The largest absolute Gasteiger partial charge is 0.206 e. The molecule has 0 saturated carbocycles. The second-order valence-corrected chi connectivity index (χ2v) is 2.72. The van der Waals surface area contributed by atoms with Crippen molar-refractivity contribution in [1.82, 2.24) is 0 Å². The Bertz CT molecular complexity index is 210. The lowest BCUT2D eigenvalue weighted by Gasteiger charge is -1.97. The van der Waals surface area contributed by atoms with Crippen molar-refractivity contribution >= 4 is 25.3 Å². The van der Waals surface area contributed by atoms with Crippen molar-refractivity contribution in [3.8, 4) is 0 Å². The zero-order chi connectivity index (χ0) is 7.72. The second kappa shape index (κ2) is 2.80. The summed E-state index contributed by atoms with van der Waals surface area (Å²) in [4.78, 5) is 0.206. The molecule has 0 aliphatic heterocycles. The van der Waals surface area contributed by atoms with Gasteiger partial charge in [-0.3, -0.25) is 0 Å². The lowest BCUT2D eigenvalue weighted by Crippen LogP contribution is -1.83. The van der Waals surface area contributed by atoms with Gasteiger partial charge >= 0.3 is 0 Å². The summed E-state index contributed by atoms with van der Waals surface area (Å²) in [5.74, 6) is -1.34. The normalized spacial score (nSPS) is 10.0. The zero-order valence-electron chi connectivity index (χ0n) is 4.81. The molecule has 0 nitrogen and oxygen atoms in total. The monoisotopic (exact) mass is 178 g/mol. The summed E-state index contributed by atoms with van der Waals surface area (Å²) < 4.78 is 24.8. The standard InChI is InChI=1S/C6H4F2S2/c7-3-1-4(8)6(10)2-5(3)9/h1-2,9-10H. The van der Waals surface area contributed by atoms with Crippen LogP contribution in [0.15, 0.2) is 21.9 Å². The van der Waals surface area contributed by atoms with Gasteiger partial charge in [-0.25, -0.2) is 8.78 Å². The maximum atomic E-state index is 12.4. The van der Waals surface area contributed by atoms with Crippen LogP contribution in [0.2, 0.25) is 0 Å². The van der Waals surface area contributed by atoms with Gasteiger partial charge in [0, 0.05) is 15.9 Å². The van der Waals surface area contributed by atoms with Crippen molar-refractivity contribution in [1.29, 1.82) is 0 Å². The predicted octanol–water partition coefficient (Wildman–Crippen LogP) is 2.54. The Morgan fingerprint density at radius 3 is 1.60 bits per heavy atom. The number of benzene rings is 1. The highest BCUT2D eigenvalue weighted by Crippen LogP contribution is 2.19. The van der Waals surface area contributed by atoms with E-state index >= 15 is 0 Å². The number of hydrogen-bond acceptors (Lipinski definition) is 2. The third-order valence-corrected chi connectivity index (χ3v) is 1.70. The second-order valence-electron chi connectivity index (χ2n) is 1.76. The summed E-state index contributed by atoms with van der Waals surface area (Å²) in [6.07, 6.45) is 0. The molecular formula is C6H4F2S2. The van der Waals surface area contributed by atoms with Crippen LogP contribution in [0.1, 0.15) is 0 Å². The maximum absolute atomic E-state index is 12.4. The molecule has 0 bridgehead atoms. The van der Waals surface area contributed by atoms with E-state index in [0.29, 0.717) is 0 Å². The van der Waals surface area contributed by atoms with Gasteiger partial charge < -0.3 is 0 Å². The molecule has 0 saturated heterocycles. The van der Waals surface area contributed by atoms with Crippen LogP contribution in [-0.4, -0.2) is 0 Å². The van der Waals surface area contributed by atoms with Crippen LogP contribution in [0, 0.1) is 11.6 Å². The lowest BCUT2D eigenvalue weighted by molar-refractivity contribution is 0.550. The van der Waals surface area contributed by atoms with Crippen molar-refractivity contribution in [3.05, 3.63) is 23.8 Å². The van der Waals surface area contributed by atoms with Crippen LogP contribution in [-0.2, 0) is 0 Å². The van der Waals surface area contributed by atoms with Crippen LogP contribution in [0.4, 0.5) is 8.78 Å². The van der Waals surface area contributed by atoms with Gasteiger partial charge in [0.1, 0.15) is 11.6 Å². The van der Waals surface area contributed by atoms with E-state index in [1.54, 1.807) is 0 Å². The fourth-order valence-corrected chi connectivity index (χ4v) is 1.02. The molecule has 0 aromatic heterocycles. The Balaban J connectivity index is 3.28. The Morgan fingerprint density at radius 1 is 0.900 bits per heavy atom. The molecular weight excluding hydrogens is 174 g/mol. The molecule has 0 atom stereocenters. The van der Waals surface area contributed by atoms with E-state index in [9.17, 15) is 8.78 Å². The number of rotatable bonds is 0. The zero-order valence-corrected chi connectivity index (χ0v) is 6.59. The van der Waals surface area contributed by atoms with Crippen molar-refractivity contribution in [2.24, 2.45) is 0 Å². The quantitative estimate of drug-likeness (QED) is 0.560. The minimum Gasteiger partial charge on any atom is -0.206 e. The molecule has 0 amide bonds. The molecule has 0 N–H and O–H groups in total. The summed E-state index contributed by atoms with van der Waals surface area (Å²) in [5.41, 5.74) is 0. The van der Waals surface area contributed by atoms with Gasteiger partial charge in [-0.15, -0.1) is 25.3 Å². The van der Waals surface area contributed by atoms with Crippen molar-refractivity contribution in [2.75, 3.05) is 0 Å². The molecule has 4 heteroatoms. The molecule has 54 valence electrons.